The summed E-state index contributed by atoms with van der Waals surface area (Å²) in [6.07, 6.45) is 13.0. The van der Waals surface area contributed by atoms with E-state index >= 15 is 4.39 Å². The third-order valence-electron chi connectivity index (χ3n) is 6.24. The fraction of sp³-hybridized carbons (Fsp3) is 0.406. The quantitative estimate of drug-likeness (QED) is 0.118. The van der Waals surface area contributed by atoms with E-state index in [0.29, 0.717) is 29.3 Å². The summed E-state index contributed by atoms with van der Waals surface area (Å²) in [4.78, 5) is 6.67. The Balaban J connectivity index is 3.67. The lowest BCUT2D eigenvalue weighted by molar-refractivity contribution is -0.0444. The minimum Gasteiger partial charge on any atom is -0.462 e. The summed E-state index contributed by atoms with van der Waals surface area (Å²) in [6, 6.07) is 8.27. The molecule has 6 nitrogen and oxygen atoms in total. The second kappa shape index (κ2) is 15.0. The maximum atomic E-state index is 16.0. The van der Waals surface area contributed by atoms with E-state index in [1.54, 1.807) is 67.6 Å². The molecule has 0 amide bonds. The number of allylic oxidation sites excluding steroid dienone is 8. The molecule has 1 aromatic rings. The molecule has 2 unspecified atom stereocenters. The molecular weight excluding hydrogens is 527 g/mol. The molecule has 0 saturated carbocycles. The normalized spacial score (nSPS) is 16.8. The zero-order valence-corrected chi connectivity index (χ0v) is 26.1. The maximum absolute atomic E-state index is 16.0. The number of alkyl halides is 1. The molecular formula is C32H45FN2O4S. The third kappa shape index (κ3) is 9.45. The average molecular weight is 573 g/mol. The van der Waals surface area contributed by atoms with E-state index in [4.69, 9.17) is 4.74 Å². The van der Waals surface area contributed by atoms with E-state index in [0.717, 1.165) is 6.26 Å². The van der Waals surface area contributed by atoms with Crippen LogP contribution in [0.5, 0.6) is 0 Å². The Bertz CT molecular complexity index is 1300. The van der Waals surface area contributed by atoms with Crippen LogP contribution in [0.25, 0.3) is 0 Å². The largest absolute Gasteiger partial charge is 0.462 e. The molecule has 0 saturated heterocycles. The summed E-state index contributed by atoms with van der Waals surface area (Å²) < 4.78 is 45.6. The van der Waals surface area contributed by atoms with Gasteiger partial charge in [-0.1, -0.05) is 49.1 Å². The summed E-state index contributed by atoms with van der Waals surface area (Å²) in [6.45, 7) is 17.8. The molecule has 0 spiro atoms. The third-order valence-corrected chi connectivity index (χ3v) is 7.55. The van der Waals surface area contributed by atoms with Crippen LogP contribution >= 0.6 is 0 Å². The van der Waals surface area contributed by atoms with Gasteiger partial charge in [0.2, 0.25) is 0 Å². The first-order valence-electron chi connectivity index (χ1n) is 13.2. The Labute approximate surface area is 240 Å². The van der Waals surface area contributed by atoms with Crippen LogP contribution in [0, 0.1) is 0 Å². The van der Waals surface area contributed by atoms with Crippen molar-refractivity contribution in [3.63, 3.8) is 0 Å². The average Bonchev–Trinajstić information content (AvgIpc) is 2.85. The van der Waals surface area contributed by atoms with Gasteiger partial charge in [-0.15, -0.1) is 0 Å². The monoisotopic (exact) mass is 572 g/mol. The second-order valence-corrected chi connectivity index (χ2v) is 12.2. The van der Waals surface area contributed by atoms with Gasteiger partial charge in [0.25, 0.3) is 0 Å². The molecule has 0 fully saturated rings. The zero-order valence-electron chi connectivity index (χ0n) is 25.3. The van der Waals surface area contributed by atoms with Crippen molar-refractivity contribution in [3.05, 3.63) is 107 Å². The SMILES string of the molecule is C=C(/C=C\C)/N=C(\N(CC)C(C)/C=C(\C)OC(/C=C\C)=C/C=C(\C)S(C)(=O)=O)C(O)(c1ccccc1)C(C)(C)F. The van der Waals surface area contributed by atoms with Crippen molar-refractivity contribution in [3.8, 4) is 0 Å². The van der Waals surface area contributed by atoms with Crippen molar-refractivity contribution in [1.29, 1.82) is 0 Å². The summed E-state index contributed by atoms with van der Waals surface area (Å²) >= 11 is 0. The van der Waals surface area contributed by atoms with Gasteiger partial charge in [0.15, 0.2) is 15.4 Å². The number of amidine groups is 1. The van der Waals surface area contributed by atoms with Crippen molar-refractivity contribution in [2.45, 2.75) is 72.7 Å². The van der Waals surface area contributed by atoms with Crippen LogP contribution < -0.4 is 0 Å². The van der Waals surface area contributed by atoms with Gasteiger partial charge < -0.3 is 14.7 Å². The molecule has 0 heterocycles. The molecule has 1 aromatic carbocycles. The summed E-state index contributed by atoms with van der Waals surface area (Å²) in [7, 11) is -3.31. The highest BCUT2D eigenvalue weighted by molar-refractivity contribution is 7.94. The number of aliphatic imine (C=N–C) groups is 1. The van der Waals surface area contributed by atoms with Crippen LogP contribution in [-0.4, -0.2) is 48.8 Å². The van der Waals surface area contributed by atoms with Crippen LogP contribution in [0.4, 0.5) is 4.39 Å². The smallest absolute Gasteiger partial charge is 0.180 e. The van der Waals surface area contributed by atoms with Crippen LogP contribution in [-0.2, 0) is 20.2 Å². The summed E-state index contributed by atoms with van der Waals surface area (Å²) in [5.74, 6) is 1.08. The lowest BCUT2D eigenvalue weighted by Crippen LogP contribution is -2.58. The molecule has 0 aliphatic carbocycles. The number of benzene rings is 1. The number of nitrogens with zero attached hydrogens (tertiary/aromatic N) is 2. The fourth-order valence-electron chi connectivity index (χ4n) is 4.03. The van der Waals surface area contributed by atoms with Gasteiger partial charge >= 0.3 is 0 Å². The van der Waals surface area contributed by atoms with Gasteiger partial charge in [0.1, 0.15) is 17.3 Å². The van der Waals surface area contributed by atoms with Crippen molar-refractivity contribution in [2.75, 3.05) is 12.8 Å². The highest BCUT2D eigenvalue weighted by Gasteiger charge is 2.52. The molecule has 0 aliphatic heterocycles. The van der Waals surface area contributed by atoms with Crippen molar-refractivity contribution >= 4 is 15.7 Å². The van der Waals surface area contributed by atoms with Crippen molar-refractivity contribution < 1.29 is 22.7 Å². The van der Waals surface area contributed by atoms with Crippen LogP contribution in [0.1, 0.15) is 61.0 Å². The standard InChI is InChI=1S/C32H45FN2O4S/c1-11-17-24(4)34-30(32(36,31(8,9)33)28-19-15-14-16-20-28)35(13-3)25(5)23-26(6)39-29(18-12-2)22-21-27(7)40(10,37)38/h11-12,14-23,25,36H,4,13H2,1-3,5-10H3/b17-11-,18-12-,26-23+,27-21+,29-22+,34-30-. The molecule has 1 N–H and O–H groups in total. The summed E-state index contributed by atoms with van der Waals surface area (Å²) in [5.41, 5.74) is -3.49. The first-order valence-corrected chi connectivity index (χ1v) is 15.1. The van der Waals surface area contributed by atoms with Gasteiger partial charge in [-0.25, -0.2) is 17.8 Å². The van der Waals surface area contributed by atoms with Gasteiger partial charge in [-0.3, -0.25) is 0 Å². The first-order chi connectivity index (χ1) is 18.5. The zero-order chi connectivity index (χ0) is 30.7. The molecule has 0 bridgehead atoms. The Morgan fingerprint density at radius 3 is 2.20 bits per heavy atom. The molecule has 0 aromatic heterocycles. The van der Waals surface area contributed by atoms with Crippen LogP contribution in [0.2, 0.25) is 0 Å². The minimum atomic E-state index is -3.31. The lowest BCUT2D eigenvalue weighted by atomic mass is 9.79. The van der Waals surface area contributed by atoms with E-state index in [9.17, 15) is 13.5 Å². The van der Waals surface area contributed by atoms with Crippen molar-refractivity contribution in [2.24, 2.45) is 4.99 Å². The highest BCUT2D eigenvalue weighted by atomic mass is 32.2. The van der Waals surface area contributed by atoms with Gasteiger partial charge in [0.05, 0.1) is 11.5 Å². The fourth-order valence-corrected chi connectivity index (χ4v) is 4.34. The Hall–Kier alpha value is -3.23. The number of hydrogen-bond acceptors (Lipinski definition) is 5. The van der Waals surface area contributed by atoms with Gasteiger partial charge in [-0.2, -0.15) is 0 Å². The number of hydrogen-bond donors (Lipinski definition) is 1. The molecule has 8 heteroatoms. The number of likely N-dealkylation sites (N-methyl/N-ethyl adjacent to an activating group) is 1. The van der Waals surface area contributed by atoms with E-state index in [2.05, 4.69) is 11.6 Å². The predicted octanol–water partition coefficient (Wildman–Crippen LogP) is 7.15. The van der Waals surface area contributed by atoms with E-state index in [1.165, 1.54) is 26.8 Å². The van der Waals surface area contributed by atoms with Crippen molar-refractivity contribution in [1.82, 2.24) is 4.90 Å². The van der Waals surface area contributed by atoms with Crippen LogP contribution in [0.3, 0.4) is 0 Å². The molecule has 0 aliphatic rings. The number of halogens is 1. The van der Waals surface area contributed by atoms with E-state index < -0.39 is 21.1 Å². The molecule has 2 atom stereocenters. The van der Waals surface area contributed by atoms with E-state index in [1.807, 2.05) is 38.7 Å². The number of rotatable bonds is 13. The van der Waals surface area contributed by atoms with Crippen LogP contribution in [0.15, 0.2) is 107 Å². The number of sulfone groups is 1. The van der Waals surface area contributed by atoms with E-state index in [-0.39, 0.29) is 16.8 Å². The maximum Gasteiger partial charge on any atom is 0.180 e. The minimum absolute atomic E-state index is 0.115. The lowest BCUT2D eigenvalue weighted by Gasteiger charge is -2.44. The molecule has 40 heavy (non-hydrogen) atoms. The number of ether oxygens (including phenoxy) is 1. The number of aliphatic hydroxyl groups is 1. The second-order valence-electron chi connectivity index (χ2n) is 10.0. The van der Waals surface area contributed by atoms with Gasteiger partial charge in [-0.05, 0) is 91.3 Å². The predicted molar refractivity (Wildman–Crippen MR) is 165 cm³/mol. The molecule has 1 rings (SSSR count). The van der Waals surface area contributed by atoms with Gasteiger partial charge in [0, 0.05) is 23.7 Å². The Kier molecular flexibility index (Phi) is 13.0. The molecule has 0 radical (unpaired) electrons. The topological polar surface area (TPSA) is 79.2 Å². The Morgan fingerprint density at radius 2 is 1.73 bits per heavy atom. The molecule has 220 valence electrons. The Morgan fingerprint density at radius 1 is 1.15 bits per heavy atom. The highest BCUT2D eigenvalue weighted by Crippen LogP contribution is 2.39. The summed E-state index contributed by atoms with van der Waals surface area (Å²) in [5, 5.41) is 12.1. The first kappa shape index (κ1) is 34.8.